The Morgan fingerprint density at radius 3 is 2.19 bits per heavy atom. The summed E-state index contributed by atoms with van der Waals surface area (Å²) in [6, 6.07) is 8.24. The highest BCUT2D eigenvalue weighted by atomic mass is 16.4. The topological polar surface area (TPSA) is 66.4 Å². The van der Waals surface area contributed by atoms with Crippen LogP contribution in [0.15, 0.2) is 24.3 Å². The zero-order valence-electron chi connectivity index (χ0n) is 13.1. The van der Waals surface area contributed by atoms with Gasteiger partial charge in [-0.1, -0.05) is 45.0 Å². The number of carbonyl (C=O) groups excluding carboxylic acids is 1. The first-order valence-electron chi connectivity index (χ1n) is 7.51. The number of carbonyl (C=O) groups is 2. The molecule has 1 aromatic carbocycles. The average Bonchev–Trinajstić information content (AvgIpc) is 2.45. The molecule has 1 atom stereocenters. The number of nitrogens with one attached hydrogen (secondary N) is 1. The van der Waals surface area contributed by atoms with Gasteiger partial charge in [-0.2, -0.15) is 0 Å². The average molecular weight is 291 g/mol. The van der Waals surface area contributed by atoms with Crippen LogP contribution in [0.2, 0.25) is 0 Å². The first kappa shape index (κ1) is 17.2. The molecule has 0 aliphatic rings. The first-order chi connectivity index (χ1) is 9.93. The third-order valence-corrected chi connectivity index (χ3v) is 3.71. The van der Waals surface area contributed by atoms with Gasteiger partial charge in [-0.25, -0.2) is 0 Å². The van der Waals surface area contributed by atoms with Gasteiger partial charge in [0.15, 0.2) is 0 Å². The number of aryl methyl sites for hydroxylation is 2. The number of hydrogen-bond donors (Lipinski definition) is 2. The van der Waals surface area contributed by atoms with Crippen LogP contribution in [0.3, 0.4) is 0 Å². The molecule has 0 radical (unpaired) electrons. The van der Waals surface area contributed by atoms with Crippen molar-refractivity contribution in [2.24, 2.45) is 11.8 Å². The van der Waals surface area contributed by atoms with Crippen molar-refractivity contribution in [3.05, 3.63) is 35.4 Å². The Hall–Kier alpha value is -1.84. The molecule has 2 N–H and O–H groups in total. The van der Waals surface area contributed by atoms with E-state index in [2.05, 4.69) is 24.4 Å². The summed E-state index contributed by atoms with van der Waals surface area (Å²) in [5.74, 6) is -1.48. The molecule has 21 heavy (non-hydrogen) atoms. The van der Waals surface area contributed by atoms with Crippen LogP contribution in [0.25, 0.3) is 0 Å². The van der Waals surface area contributed by atoms with Gasteiger partial charge >= 0.3 is 5.97 Å². The van der Waals surface area contributed by atoms with E-state index < -0.39 is 11.9 Å². The van der Waals surface area contributed by atoms with E-state index in [9.17, 15) is 9.59 Å². The molecule has 1 rings (SSSR count). The van der Waals surface area contributed by atoms with E-state index in [0.717, 1.165) is 12.0 Å². The van der Waals surface area contributed by atoms with E-state index >= 15 is 0 Å². The minimum atomic E-state index is -0.861. The van der Waals surface area contributed by atoms with Crippen molar-refractivity contribution in [3.63, 3.8) is 0 Å². The summed E-state index contributed by atoms with van der Waals surface area (Å²) in [6.45, 7) is 6.00. The van der Waals surface area contributed by atoms with E-state index in [1.165, 1.54) is 5.56 Å². The molecule has 0 saturated heterocycles. The van der Waals surface area contributed by atoms with Crippen molar-refractivity contribution >= 4 is 11.9 Å². The van der Waals surface area contributed by atoms with Crippen LogP contribution >= 0.6 is 0 Å². The number of rotatable bonds is 8. The largest absolute Gasteiger partial charge is 0.481 e. The maximum Gasteiger partial charge on any atom is 0.308 e. The monoisotopic (exact) mass is 291 g/mol. The summed E-state index contributed by atoms with van der Waals surface area (Å²) < 4.78 is 0. The first-order valence-corrected chi connectivity index (χ1v) is 7.51. The lowest BCUT2D eigenvalue weighted by Crippen LogP contribution is -2.35. The van der Waals surface area contributed by atoms with Gasteiger partial charge in [0.1, 0.15) is 0 Å². The SMILES string of the molecule is CCc1ccc(CCC(=O)NCC(C(=O)O)C(C)C)cc1. The molecule has 1 aromatic rings. The summed E-state index contributed by atoms with van der Waals surface area (Å²) in [5.41, 5.74) is 2.41. The zero-order chi connectivity index (χ0) is 15.8. The van der Waals surface area contributed by atoms with Crippen molar-refractivity contribution in [2.45, 2.75) is 40.0 Å². The van der Waals surface area contributed by atoms with Gasteiger partial charge < -0.3 is 10.4 Å². The van der Waals surface area contributed by atoms with Gasteiger partial charge in [0, 0.05) is 13.0 Å². The Kier molecular flexibility index (Phi) is 6.92. The Balaban J connectivity index is 2.38. The molecule has 4 nitrogen and oxygen atoms in total. The smallest absolute Gasteiger partial charge is 0.308 e. The van der Waals surface area contributed by atoms with E-state index in [-0.39, 0.29) is 18.4 Å². The van der Waals surface area contributed by atoms with Crippen molar-refractivity contribution in [3.8, 4) is 0 Å². The molecule has 0 aliphatic carbocycles. The van der Waals surface area contributed by atoms with Crippen LogP contribution in [-0.2, 0) is 22.4 Å². The Labute approximate surface area is 126 Å². The molecule has 0 fully saturated rings. The summed E-state index contributed by atoms with van der Waals surface area (Å²) in [6.07, 6.45) is 2.07. The summed E-state index contributed by atoms with van der Waals surface area (Å²) >= 11 is 0. The fourth-order valence-corrected chi connectivity index (χ4v) is 2.12. The maximum atomic E-state index is 11.8. The molecule has 0 aliphatic heterocycles. The fraction of sp³-hybridized carbons (Fsp3) is 0.529. The third-order valence-electron chi connectivity index (χ3n) is 3.71. The summed E-state index contributed by atoms with van der Waals surface area (Å²) in [4.78, 5) is 22.8. The van der Waals surface area contributed by atoms with Crippen LogP contribution in [0.4, 0.5) is 0 Å². The van der Waals surface area contributed by atoms with Crippen molar-refractivity contribution in [2.75, 3.05) is 6.54 Å². The fourth-order valence-electron chi connectivity index (χ4n) is 2.12. The summed E-state index contributed by atoms with van der Waals surface area (Å²) in [5, 5.41) is 11.8. The third kappa shape index (κ3) is 5.98. The van der Waals surface area contributed by atoms with Crippen molar-refractivity contribution in [1.29, 1.82) is 0 Å². The molecule has 4 heteroatoms. The van der Waals surface area contributed by atoms with E-state index in [0.29, 0.717) is 12.8 Å². The van der Waals surface area contributed by atoms with Crippen molar-refractivity contribution < 1.29 is 14.7 Å². The molecular weight excluding hydrogens is 266 g/mol. The molecule has 0 aromatic heterocycles. The summed E-state index contributed by atoms with van der Waals surface area (Å²) in [7, 11) is 0. The normalized spacial score (nSPS) is 12.2. The molecule has 116 valence electrons. The van der Waals surface area contributed by atoms with Crippen LogP contribution in [0, 0.1) is 11.8 Å². The van der Waals surface area contributed by atoms with Gasteiger partial charge in [-0.3, -0.25) is 9.59 Å². The molecule has 1 unspecified atom stereocenters. The number of carboxylic acid groups (broad SMARTS) is 1. The van der Waals surface area contributed by atoms with Crippen LogP contribution in [-0.4, -0.2) is 23.5 Å². The van der Waals surface area contributed by atoms with Gasteiger partial charge in [0.25, 0.3) is 0 Å². The minimum absolute atomic E-state index is 0.00406. The van der Waals surface area contributed by atoms with Gasteiger partial charge in [0.05, 0.1) is 5.92 Å². The number of aliphatic carboxylic acids is 1. The second-order valence-electron chi connectivity index (χ2n) is 5.66. The lowest BCUT2D eigenvalue weighted by atomic mass is 9.96. The lowest BCUT2D eigenvalue weighted by molar-refractivity contribution is -0.143. The second kappa shape index (κ2) is 8.45. The highest BCUT2D eigenvalue weighted by molar-refractivity contribution is 5.77. The quantitative estimate of drug-likeness (QED) is 0.774. The number of carboxylic acids is 1. The molecule has 0 bridgehead atoms. The molecule has 1 amide bonds. The highest BCUT2D eigenvalue weighted by Crippen LogP contribution is 2.10. The lowest BCUT2D eigenvalue weighted by Gasteiger charge is -2.16. The minimum Gasteiger partial charge on any atom is -0.481 e. The second-order valence-corrected chi connectivity index (χ2v) is 5.66. The predicted octanol–water partition coefficient (Wildman–Crippen LogP) is 2.65. The van der Waals surface area contributed by atoms with Gasteiger partial charge in [0.2, 0.25) is 5.91 Å². The number of amides is 1. The Morgan fingerprint density at radius 1 is 1.14 bits per heavy atom. The van der Waals surface area contributed by atoms with E-state index in [4.69, 9.17) is 5.11 Å². The van der Waals surface area contributed by atoms with E-state index in [1.54, 1.807) is 0 Å². The zero-order valence-corrected chi connectivity index (χ0v) is 13.1. The van der Waals surface area contributed by atoms with Crippen molar-refractivity contribution in [1.82, 2.24) is 5.32 Å². The van der Waals surface area contributed by atoms with Crippen LogP contribution < -0.4 is 5.32 Å². The Bertz CT molecular complexity index is 465. The predicted molar refractivity (Wildman–Crippen MR) is 83.1 cm³/mol. The molecule has 0 heterocycles. The maximum absolute atomic E-state index is 11.8. The van der Waals surface area contributed by atoms with E-state index in [1.807, 2.05) is 26.0 Å². The highest BCUT2D eigenvalue weighted by Gasteiger charge is 2.21. The molecule has 0 saturated carbocycles. The van der Waals surface area contributed by atoms with Crippen LogP contribution in [0.1, 0.15) is 38.3 Å². The van der Waals surface area contributed by atoms with Gasteiger partial charge in [-0.15, -0.1) is 0 Å². The Morgan fingerprint density at radius 2 is 1.71 bits per heavy atom. The number of hydrogen-bond acceptors (Lipinski definition) is 2. The molecule has 0 spiro atoms. The standard InChI is InChI=1S/C17H25NO3/c1-4-13-5-7-14(8-6-13)9-10-16(19)18-11-15(12(2)3)17(20)21/h5-8,12,15H,4,9-11H2,1-3H3,(H,18,19)(H,20,21). The van der Waals surface area contributed by atoms with Gasteiger partial charge in [-0.05, 0) is 29.9 Å². The number of benzene rings is 1. The van der Waals surface area contributed by atoms with Crippen LogP contribution in [0.5, 0.6) is 0 Å². The molecular formula is C17H25NO3.